The van der Waals surface area contributed by atoms with E-state index in [0.717, 1.165) is 12.8 Å². The van der Waals surface area contributed by atoms with E-state index in [-0.39, 0.29) is 6.03 Å². The summed E-state index contributed by atoms with van der Waals surface area (Å²) in [4.78, 5) is 25.2. The molecule has 5 nitrogen and oxygen atoms in total. The van der Waals surface area contributed by atoms with E-state index >= 15 is 0 Å². The molecule has 1 aliphatic heterocycles. The first-order chi connectivity index (χ1) is 9.58. The second-order valence-electron chi connectivity index (χ2n) is 5.30. The van der Waals surface area contributed by atoms with Crippen LogP contribution in [0.2, 0.25) is 0 Å². The lowest BCUT2D eigenvalue weighted by Crippen LogP contribution is -2.46. The number of hydrogen-bond donors (Lipinski definition) is 2. The average molecular weight is 276 g/mol. The summed E-state index contributed by atoms with van der Waals surface area (Å²) in [5.41, 5.74) is 0.582. The van der Waals surface area contributed by atoms with Crippen molar-refractivity contribution >= 4 is 12.0 Å². The number of piperidine rings is 1. The highest BCUT2D eigenvalue weighted by Crippen LogP contribution is 2.18. The number of nitrogens with one attached hydrogen (secondary N) is 1. The summed E-state index contributed by atoms with van der Waals surface area (Å²) >= 11 is 0. The van der Waals surface area contributed by atoms with Crippen LogP contribution in [-0.2, 0) is 4.79 Å². The fraction of sp³-hybridized carbons (Fsp3) is 0.467. The molecule has 0 unspecified atom stereocenters. The minimum atomic E-state index is -1.05. The third-order valence-electron chi connectivity index (χ3n) is 3.72. The standard InChI is InChI=1S/C15H20N2O3/c1-11-7-9-17(10-8-11)15(20)16-13(14(18)19)12-5-3-2-4-6-12/h2-6,11,13H,7-10H2,1H3,(H,16,20)(H,18,19)/t13-/m0/s1. The molecule has 1 aliphatic rings. The van der Waals surface area contributed by atoms with Gasteiger partial charge in [-0.05, 0) is 24.3 Å². The van der Waals surface area contributed by atoms with Crippen LogP contribution in [0.1, 0.15) is 31.4 Å². The predicted octanol–water partition coefficient (Wildman–Crippen LogP) is 2.25. The molecule has 2 rings (SSSR count). The zero-order valence-corrected chi connectivity index (χ0v) is 11.6. The maximum Gasteiger partial charge on any atom is 0.330 e. The van der Waals surface area contributed by atoms with Gasteiger partial charge in [0.1, 0.15) is 0 Å². The molecule has 1 aromatic rings. The van der Waals surface area contributed by atoms with Crippen LogP contribution in [0.25, 0.3) is 0 Å². The Kier molecular flexibility index (Phi) is 4.61. The Morgan fingerprint density at radius 3 is 2.40 bits per heavy atom. The van der Waals surface area contributed by atoms with E-state index in [1.807, 2.05) is 6.07 Å². The first-order valence-corrected chi connectivity index (χ1v) is 6.91. The van der Waals surface area contributed by atoms with Gasteiger partial charge in [0.15, 0.2) is 6.04 Å². The van der Waals surface area contributed by atoms with E-state index in [1.54, 1.807) is 29.2 Å². The quantitative estimate of drug-likeness (QED) is 0.889. The van der Waals surface area contributed by atoms with Crippen molar-refractivity contribution in [2.24, 2.45) is 5.92 Å². The number of carbonyl (C=O) groups excluding carboxylic acids is 1. The molecule has 1 heterocycles. The number of amides is 2. The van der Waals surface area contributed by atoms with Crippen LogP contribution >= 0.6 is 0 Å². The van der Waals surface area contributed by atoms with Crippen LogP contribution in [0.15, 0.2) is 30.3 Å². The van der Waals surface area contributed by atoms with E-state index in [2.05, 4.69) is 12.2 Å². The Labute approximate surface area is 118 Å². The molecule has 0 saturated carbocycles. The first kappa shape index (κ1) is 14.4. The molecule has 0 bridgehead atoms. The van der Waals surface area contributed by atoms with Crippen molar-refractivity contribution in [3.63, 3.8) is 0 Å². The third kappa shape index (κ3) is 3.50. The second-order valence-corrected chi connectivity index (χ2v) is 5.30. The topological polar surface area (TPSA) is 69.6 Å². The zero-order valence-electron chi connectivity index (χ0n) is 11.6. The van der Waals surface area contributed by atoms with E-state index in [9.17, 15) is 14.7 Å². The number of likely N-dealkylation sites (tertiary alicyclic amines) is 1. The first-order valence-electron chi connectivity index (χ1n) is 6.91. The van der Waals surface area contributed by atoms with Crippen LogP contribution in [0.4, 0.5) is 4.79 Å². The third-order valence-corrected chi connectivity index (χ3v) is 3.72. The highest BCUT2D eigenvalue weighted by molar-refractivity contribution is 5.83. The Morgan fingerprint density at radius 2 is 1.85 bits per heavy atom. The Hall–Kier alpha value is -2.04. The van der Waals surface area contributed by atoms with Crippen LogP contribution in [0.3, 0.4) is 0 Å². The Bertz CT molecular complexity index is 467. The summed E-state index contributed by atoms with van der Waals surface area (Å²) in [6.45, 7) is 3.54. The van der Waals surface area contributed by atoms with Gasteiger partial charge >= 0.3 is 12.0 Å². The van der Waals surface area contributed by atoms with Crippen molar-refractivity contribution < 1.29 is 14.7 Å². The lowest BCUT2D eigenvalue weighted by atomic mass is 9.99. The molecule has 1 atom stereocenters. The summed E-state index contributed by atoms with van der Waals surface area (Å²) in [6, 6.07) is 7.46. The van der Waals surface area contributed by atoms with Crippen molar-refractivity contribution in [1.82, 2.24) is 10.2 Å². The second kappa shape index (κ2) is 6.41. The van der Waals surface area contributed by atoms with E-state index < -0.39 is 12.0 Å². The molecule has 2 N–H and O–H groups in total. The molecule has 0 aliphatic carbocycles. The Morgan fingerprint density at radius 1 is 1.25 bits per heavy atom. The van der Waals surface area contributed by atoms with E-state index in [1.165, 1.54) is 0 Å². The summed E-state index contributed by atoms with van der Waals surface area (Å²) in [5, 5.41) is 11.9. The number of aliphatic carboxylic acids is 1. The minimum Gasteiger partial charge on any atom is -0.479 e. The molecule has 5 heteroatoms. The van der Waals surface area contributed by atoms with Gasteiger partial charge in [-0.1, -0.05) is 37.3 Å². The summed E-state index contributed by atoms with van der Waals surface area (Å²) < 4.78 is 0. The molecule has 1 aromatic carbocycles. The van der Waals surface area contributed by atoms with Crippen LogP contribution in [-0.4, -0.2) is 35.1 Å². The number of hydrogen-bond acceptors (Lipinski definition) is 2. The van der Waals surface area contributed by atoms with Gasteiger partial charge in [0.25, 0.3) is 0 Å². The normalized spacial score (nSPS) is 17.6. The molecule has 108 valence electrons. The lowest BCUT2D eigenvalue weighted by molar-refractivity contribution is -0.139. The Balaban J connectivity index is 2.02. The fourth-order valence-corrected chi connectivity index (χ4v) is 2.36. The molecule has 0 aromatic heterocycles. The van der Waals surface area contributed by atoms with Crippen molar-refractivity contribution in [3.8, 4) is 0 Å². The van der Waals surface area contributed by atoms with E-state index in [0.29, 0.717) is 24.6 Å². The maximum absolute atomic E-state index is 12.1. The smallest absolute Gasteiger partial charge is 0.330 e. The van der Waals surface area contributed by atoms with Crippen LogP contribution in [0, 0.1) is 5.92 Å². The summed E-state index contributed by atoms with van der Waals surface area (Å²) in [6.07, 6.45) is 1.94. The van der Waals surface area contributed by atoms with Crippen LogP contribution < -0.4 is 5.32 Å². The van der Waals surface area contributed by atoms with Gasteiger partial charge in [0.2, 0.25) is 0 Å². The van der Waals surface area contributed by atoms with Crippen molar-refractivity contribution in [1.29, 1.82) is 0 Å². The molecule has 1 fully saturated rings. The van der Waals surface area contributed by atoms with E-state index in [4.69, 9.17) is 0 Å². The average Bonchev–Trinajstić information content (AvgIpc) is 2.46. The predicted molar refractivity (Wildman–Crippen MR) is 75.3 cm³/mol. The number of rotatable bonds is 3. The van der Waals surface area contributed by atoms with Gasteiger partial charge in [-0.25, -0.2) is 9.59 Å². The van der Waals surface area contributed by atoms with Gasteiger partial charge in [0.05, 0.1) is 0 Å². The number of nitrogens with zero attached hydrogens (tertiary/aromatic N) is 1. The lowest BCUT2D eigenvalue weighted by Gasteiger charge is -2.31. The van der Waals surface area contributed by atoms with Gasteiger partial charge in [0, 0.05) is 13.1 Å². The molecular weight excluding hydrogens is 256 g/mol. The molecule has 0 radical (unpaired) electrons. The maximum atomic E-state index is 12.1. The highest BCUT2D eigenvalue weighted by Gasteiger charge is 2.26. The molecule has 20 heavy (non-hydrogen) atoms. The fourth-order valence-electron chi connectivity index (χ4n) is 2.36. The summed E-state index contributed by atoms with van der Waals surface area (Å²) in [7, 11) is 0. The van der Waals surface area contributed by atoms with Crippen LogP contribution in [0.5, 0.6) is 0 Å². The number of carboxylic acids is 1. The largest absolute Gasteiger partial charge is 0.479 e. The van der Waals surface area contributed by atoms with Crippen molar-refractivity contribution in [3.05, 3.63) is 35.9 Å². The zero-order chi connectivity index (χ0) is 14.5. The number of carbonyl (C=O) groups is 2. The van der Waals surface area contributed by atoms with Gasteiger partial charge < -0.3 is 15.3 Å². The van der Waals surface area contributed by atoms with Gasteiger partial charge in [-0.3, -0.25) is 0 Å². The molecule has 0 spiro atoms. The monoisotopic (exact) mass is 276 g/mol. The van der Waals surface area contributed by atoms with Crippen molar-refractivity contribution in [2.45, 2.75) is 25.8 Å². The van der Waals surface area contributed by atoms with Gasteiger partial charge in [-0.15, -0.1) is 0 Å². The molecular formula is C15H20N2O3. The van der Waals surface area contributed by atoms with Crippen molar-refractivity contribution in [2.75, 3.05) is 13.1 Å². The molecule has 2 amide bonds. The highest BCUT2D eigenvalue weighted by atomic mass is 16.4. The number of carboxylic acid groups (broad SMARTS) is 1. The number of benzene rings is 1. The minimum absolute atomic E-state index is 0.298. The molecule has 1 saturated heterocycles. The number of urea groups is 1. The van der Waals surface area contributed by atoms with Gasteiger partial charge in [-0.2, -0.15) is 0 Å². The summed E-state index contributed by atoms with van der Waals surface area (Å²) in [5.74, 6) is -0.418. The SMILES string of the molecule is CC1CCN(C(=O)N[C@H](C(=O)O)c2ccccc2)CC1.